The van der Waals surface area contributed by atoms with Gasteiger partial charge in [0.2, 0.25) is 0 Å². The van der Waals surface area contributed by atoms with Crippen molar-refractivity contribution in [3.8, 4) is 0 Å². The predicted octanol–water partition coefficient (Wildman–Crippen LogP) is 3.67. The van der Waals surface area contributed by atoms with Crippen LogP contribution >= 0.6 is 0 Å². The van der Waals surface area contributed by atoms with E-state index in [1.54, 1.807) is 6.08 Å². The summed E-state index contributed by atoms with van der Waals surface area (Å²) in [6.07, 6.45) is 9.71. The van der Waals surface area contributed by atoms with E-state index in [1.165, 1.54) is 25.7 Å². The third kappa shape index (κ3) is 8.04. The van der Waals surface area contributed by atoms with E-state index in [4.69, 9.17) is 0 Å². The molecule has 0 rings (SSSR count). The van der Waals surface area contributed by atoms with Crippen LogP contribution in [0.3, 0.4) is 0 Å². The quantitative estimate of drug-likeness (QED) is 0.451. The van der Waals surface area contributed by atoms with E-state index < -0.39 is 5.60 Å². The molecule has 0 aromatic rings. The van der Waals surface area contributed by atoms with Gasteiger partial charge in [0.25, 0.3) is 0 Å². The summed E-state index contributed by atoms with van der Waals surface area (Å²) in [5.74, 6) is 0. The van der Waals surface area contributed by atoms with Crippen LogP contribution < -0.4 is 0 Å². The zero-order chi connectivity index (χ0) is 10.2. The molecule has 1 heteroatoms. The average Bonchev–Trinajstić information content (AvgIpc) is 2.04. The first-order chi connectivity index (χ1) is 6.12. The monoisotopic (exact) mass is 184 g/mol. The van der Waals surface area contributed by atoms with Gasteiger partial charge in [0.1, 0.15) is 0 Å². The molecule has 0 aromatic carbocycles. The lowest BCUT2D eigenvalue weighted by Gasteiger charge is -2.21. The molecule has 0 bridgehead atoms. The fourth-order valence-corrected chi connectivity index (χ4v) is 1.52. The molecular weight excluding hydrogens is 160 g/mol. The molecule has 0 spiro atoms. The first kappa shape index (κ1) is 12.7. The summed E-state index contributed by atoms with van der Waals surface area (Å²) in [6, 6.07) is 0. The summed E-state index contributed by atoms with van der Waals surface area (Å²) < 4.78 is 0. The second-order valence-electron chi connectivity index (χ2n) is 4.15. The number of hydrogen-bond acceptors (Lipinski definition) is 1. The van der Waals surface area contributed by atoms with Crippen molar-refractivity contribution in [2.24, 2.45) is 0 Å². The highest BCUT2D eigenvalue weighted by Crippen LogP contribution is 2.19. The lowest BCUT2D eigenvalue weighted by Crippen LogP contribution is -2.22. The van der Waals surface area contributed by atoms with Crippen LogP contribution in [-0.4, -0.2) is 10.7 Å². The van der Waals surface area contributed by atoms with Gasteiger partial charge in [0, 0.05) is 0 Å². The Balaban J connectivity index is 3.34. The van der Waals surface area contributed by atoms with Gasteiger partial charge in [-0.05, 0) is 19.8 Å². The second kappa shape index (κ2) is 7.14. The van der Waals surface area contributed by atoms with Crippen LogP contribution in [0.25, 0.3) is 0 Å². The molecule has 1 unspecified atom stereocenters. The molecule has 0 saturated heterocycles. The van der Waals surface area contributed by atoms with Gasteiger partial charge in [-0.25, -0.2) is 0 Å². The number of hydrogen-bond donors (Lipinski definition) is 1. The molecule has 0 fully saturated rings. The van der Waals surface area contributed by atoms with Gasteiger partial charge in [-0.15, -0.1) is 6.58 Å². The number of rotatable bonds is 8. The molecule has 0 radical (unpaired) electrons. The van der Waals surface area contributed by atoms with E-state index >= 15 is 0 Å². The molecule has 0 aliphatic rings. The first-order valence-corrected chi connectivity index (χ1v) is 5.45. The van der Waals surface area contributed by atoms with Crippen molar-refractivity contribution < 1.29 is 5.11 Å². The molecule has 0 amide bonds. The van der Waals surface area contributed by atoms with E-state index in [1.807, 2.05) is 6.92 Å². The van der Waals surface area contributed by atoms with Gasteiger partial charge in [-0.2, -0.15) is 0 Å². The van der Waals surface area contributed by atoms with Crippen LogP contribution in [0.1, 0.15) is 58.8 Å². The lowest BCUT2D eigenvalue weighted by atomic mass is 9.94. The normalized spacial score (nSPS) is 15.3. The molecule has 1 atom stereocenters. The predicted molar refractivity (Wildman–Crippen MR) is 58.8 cm³/mol. The number of aliphatic hydroxyl groups is 1. The standard InChI is InChI=1S/C12H24O/c1-4-6-7-8-9-11-12(3,13)10-5-2/h5,13H,2,4,6-11H2,1,3H3. The van der Waals surface area contributed by atoms with Crippen LogP contribution in [0.15, 0.2) is 12.7 Å². The molecule has 0 heterocycles. The minimum atomic E-state index is -0.520. The van der Waals surface area contributed by atoms with Gasteiger partial charge in [0.05, 0.1) is 5.60 Å². The van der Waals surface area contributed by atoms with Gasteiger partial charge < -0.3 is 5.11 Å². The Morgan fingerprint density at radius 1 is 1.23 bits per heavy atom. The minimum absolute atomic E-state index is 0.520. The van der Waals surface area contributed by atoms with Crippen LogP contribution in [0.2, 0.25) is 0 Å². The zero-order valence-corrected chi connectivity index (χ0v) is 9.18. The smallest absolute Gasteiger partial charge is 0.0653 e. The Kier molecular flexibility index (Phi) is 6.97. The van der Waals surface area contributed by atoms with Crippen molar-refractivity contribution in [2.45, 2.75) is 64.4 Å². The SMILES string of the molecule is C=CCC(C)(O)CCCCCCC. The Morgan fingerprint density at radius 2 is 1.85 bits per heavy atom. The molecule has 13 heavy (non-hydrogen) atoms. The highest BCUT2D eigenvalue weighted by molar-refractivity contribution is 4.82. The van der Waals surface area contributed by atoms with Crippen molar-refractivity contribution in [3.05, 3.63) is 12.7 Å². The van der Waals surface area contributed by atoms with E-state index in [2.05, 4.69) is 13.5 Å². The average molecular weight is 184 g/mol. The third-order valence-electron chi connectivity index (χ3n) is 2.40. The molecule has 0 saturated carbocycles. The summed E-state index contributed by atoms with van der Waals surface area (Å²) in [6.45, 7) is 7.76. The maximum atomic E-state index is 9.80. The summed E-state index contributed by atoms with van der Waals surface area (Å²) in [5.41, 5.74) is -0.520. The minimum Gasteiger partial charge on any atom is -0.390 e. The summed E-state index contributed by atoms with van der Waals surface area (Å²) in [4.78, 5) is 0. The maximum absolute atomic E-state index is 9.80. The Morgan fingerprint density at radius 3 is 2.38 bits per heavy atom. The molecule has 0 aliphatic carbocycles. The summed E-state index contributed by atoms with van der Waals surface area (Å²) in [7, 11) is 0. The number of unbranched alkanes of at least 4 members (excludes halogenated alkanes) is 4. The highest BCUT2D eigenvalue weighted by atomic mass is 16.3. The molecule has 0 aromatic heterocycles. The molecule has 0 aliphatic heterocycles. The van der Waals surface area contributed by atoms with Crippen LogP contribution in [0.4, 0.5) is 0 Å². The van der Waals surface area contributed by atoms with E-state index in [0.29, 0.717) is 6.42 Å². The van der Waals surface area contributed by atoms with E-state index in [-0.39, 0.29) is 0 Å². The Bertz CT molecular complexity index is 127. The van der Waals surface area contributed by atoms with Gasteiger partial charge in [-0.3, -0.25) is 0 Å². The largest absolute Gasteiger partial charge is 0.390 e. The van der Waals surface area contributed by atoms with Gasteiger partial charge in [-0.1, -0.05) is 45.1 Å². The first-order valence-electron chi connectivity index (χ1n) is 5.45. The van der Waals surface area contributed by atoms with Crippen molar-refractivity contribution in [1.82, 2.24) is 0 Å². The Hall–Kier alpha value is -0.300. The Labute approximate surface area is 82.9 Å². The topological polar surface area (TPSA) is 20.2 Å². The molecular formula is C12H24O. The summed E-state index contributed by atoms with van der Waals surface area (Å²) >= 11 is 0. The van der Waals surface area contributed by atoms with Gasteiger partial charge >= 0.3 is 0 Å². The fourth-order valence-electron chi connectivity index (χ4n) is 1.52. The van der Waals surface area contributed by atoms with E-state index in [9.17, 15) is 5.11 Å². The van der Waals surface area contributed by atoms with Crippen LogP contribution in [-0.2, 0) is 0 Å². The van der Waals surface area contributed by atoms with Gasteiger partial charge in [0.15, 0.2) is 0 Å². The third-order valence-corrected chi connectivity index (χ3v) is 2.40. The highest BCUT2D eigenvalue weighted by Gasteiger charge is 2.16. The summed E-state index contributed by atoms with van der Waals surface area (Å²) in [5, 5.41) is 9.80. The zero-order valence-electron chi connectivity index (χ0n) is 9.18. The maximum Gasteiger partial charge on any atom is 0.0653 e. The fraction of sp³-hybridized carbons (Fsp3) is 0.833. The molecule has 1 nitrogen and oxygen atoms in total. The molecule has 1 N–H and O–H groups in total. The van der Waals surface area contributed by atoms with Crippen LogP contribution in [0, 0.1) is 0 Å². The van der Waals surface area contributed by atoms with Crippen LogP contribution in [0.5, 0.6) is 0 Å². The van der Waals surface area contributed by atoms with Crippen molar-refractivity contribution >= 4 is 0 Å². The van der Waals surface area contributed by atoms with Crippen molar-refractivity contribution in [3.63, 3.8) is 0 Å². The second-order valence-corrected chi connectivity index (χ2v) is 4.15. The molecule has 78 valence electrons. The van der Waals surface area contributed by atoms with Crippen molar-refractivity contribution in [2.75, 3.05) is 0 Å². The lowest BCUT2D eigenvalue weighted by molar-refractivity contribution is 0.0513. The van der Waals surface area contributed by atoms with E-state index in [0.717, 1.165) is 12.8 Å². The van der Waals surface area contributed by atoms with Crippen molar-refractivity contribution in [1.29, 1.82) is 0 Å².